The number of aliphatic hydroxyl groups is 1. The fourth-order valence-corrected chi connectivity index (χ4v) is 2.23. The van der Waals surface area contributed by atoms with E-state index in [1.54, 1.807) is 5.57 Å². The Balaban J connectivity index is 1.95. The van der Waals surface area contributed by atoms with Crippen molar-refractivity contribution in [3.8, 4) is 0 Å². The summed E-state index contributed by atoms with van der Waals surface area (Å²) in [7, 11) is 0. The minimum absolute atomic E-state index is 0.368. The summed E-state index contributed by atoms with van der Waals surface area (Å²) in [6.45, 7) is 1.93. The van der Waals surface area contributed by atoms with Gasteiger partial charge in [-0.2, -0.15) is 0 Å². The maximum Gasteiger partial charge on any atom is 0.0631 e. The van der Waals surface area contributed by atoms with Gasteiger partial charge in [-0.1, -0.05) is 23.8 Å². The van der Waals surface area contributed by atoms with E-state index in [9.17, 15) is 5.11 Å². The molecule has 0 spiro atoms. The third kappa shape index (κ3) is 1.46. The summed E-state index contributed by atoms with van der Waals surface area (Å²) in [4.78, 5) is 0. The first kappa shape index (κ1) is 8.06. The average molecular weight is 164 g/mol. The molecule has 0 radical (unpaired) electrons. The van der Waals surface area contributed by atoms with Gasteiger partial charge in [0.15, 0.2) is 0 Å². The number of hydrogen-bond acceptors (Lipinski definition) is 1. The van der Waals surface area contributed by atoms with Crippen LogP contribution in [-0.4, -0.2) is 10.7 Å². The normalized spacial score (nSPS) is 40.5. The Labute approximate surface area is 73.8 Å². The monoisotopic (exact) mass is 164 g/mol. The molecular formula is C11H16O. The molecule has 0 unspecified atom stereocenters. The molecular weight excluding hydrogens is 148 g/mol. The van der Waals surface area contributed by atoms with E-state index in [1.165, 1.54) is 12.8 Å². The van der Waals surface area contributed by atoms with Crippen LogP contribution in [0.15, 0.2) is 23.8 Å². The Morgan fingerprint density at radius 3 is 2.75 bits per heavy atom. The second kappa shape index (κ2) is 2.74. The maximum absolute atomic E-state index is 9.57. The molecule has 1 heteroatoms. The van der Waals surface area contributed by atoms with Crippen LogP contribution < -0.4 is 0 Å². The maximum atomic E-state index is 9.57. The highest BCUT2D eigenvalue weighted by Crippen LogP contribution is 2.43. The predicted molar refractivity (Wildman–Crippen MR) is 49.8 cm³/mol. The fraction of sp³-hybridized carbons (Fsp3) is 0.636. The molecule has 1 N–H and O–H groups in total. The number of allylic oxidation sites excluding steroid dienone is 4. The largest absolute Gasteiger partial charge is 0.390 e. The highest BCUT2D eigenvalue weighted by molar-refractivity contribution is 5.23. The van der Waals surface area contributed by atoms with E-state index in [1.807, 2.05) is 6.92 Å². The van der Waals surface area contributed by atoms with E-state index < -0.39 is 0 Å². The van der Waals surface area contributed by atoms with Crippen molar-refractivity contribution in [1.29, 1.82) is 0 Å². The topological polar surface area (TPSA) is 20.2 Å². The van der Waals surface area contributed by atoms with Crippen molar-refractivity contribution in [3.05, 3.63) is 23.8 Å². The zero-order valence-corrected chi connectivity index (χ0v) is 7.59. The molecule has 0 aliphatic heterocycles. The lowest BCUT2D eigenvalue weighted by molar-refractivity contribution is -0.0458. The van der Waals surface area contributed by atoms with Crippen molar-refractivity contribution in [2.24, 2.45) is 5.92 Å². The smallest absolute Gasteiger partial charge is 0.0631 e. The van der Waals surface area contributed by atoms with Crippen LogP contribution in [0, 0.1) is 5.92 Å². The minimum Gasteiger partial charge on any atom is -0.390 e. The van der Waals surface area contributed by atoms with E-state index in [4.69, 9.17) is 0 Å². The average Bonchev–Trinajstić information content (AvgIpc) is 2.02. The summed E-state index contributed by atoms with van der Waals surface area (Å²) in [5, 5.41) is 9.57. The number of rotatable bonds is 1. The molecule has 2 aliphatic rings. The van der Waals surface area contributed by atoms with Crippen LogP contribution in [-0.2, 0) is 0 Å². The first-order valence-electron chi connectivity index (χ1n) is 4.75. The Morgan fingerprint density at radius 2 is 2.25 bits per heavy atom. The zero-order valence-electron chi connectivity index (χ0n) is 7.59. The summed E-state index contributed by atoms with van der Waals surface area (Å²) in [5.41, 5.74) is 1.18. The molecule has 1 fully saturated rings. The highest BCUT2D eigenvalue weighted by atomic mass is 16.3. The first-order chi connectivity index (χ1) is 5.67. The van der Waals surface area contributed by atoms with Gasteiger partial charge in [0.25, 0.3) is 0 Å². The van der Waals surface area contributed by atoms with Gasteiger partial charge in [0, 0.05) is 0 Å². The van der Waals surface area contributed by atoms with Crippen LogP contribution in [0.4, 0.5) is 0 Å². The van der Waals surface area contributed by atoms with Gasteiger partial charge in [0.1, 0.15) is 0 Å². The van der Waals surface area contributed by atoms with E-state index in [-0.39, 0.29) is 5.60 Å². The molecule has 0 aromatic rings. The van der Waals surface area contributed by atoms with Crippen molar-refractivity contribution in [2.75, 3.05) is 0 Å². The Hall–Kier alpha value is -0.560. The Kier molecular flexibility index (Phi) is 1.84. The Bertz CT molecular complexity index is 227. The summed E-state index contributed by atoms with van der Waals surface area (Å²) < 4.78 is 0. The molecule has 0 saturated heterocycles. The lowest BCUT2D eigenvalue weighted by Crippen LogP contribution is -2.41. The van der Waals surface area contributed by atoms with E-state index >= 15 is 0 Å². The van der Waals surface area contributed by atoms with Crippen LogP contribution in [0.25, 0.3) is 0 Å². The Morgan fingerprint density at radius 1 is 1.50 bits per heavy atom. The molecule has 0 aromatic carbocycles. The molecule has 0 amide bonds. The molecule has 0 atom stereocenters. The van der Waals surface area contributed by atoms with E-state index in [0.717, 1.165) is 12.8 Å². The number of hydrogen-bond donors (Lipinski definition) is 1. The van der Waals surface area contributed by atoms with Crippen molar-refractivity contribution in [3.63, 3.8) is 0 Å². The standard InChI is InChI=1S/C11H16O/c1-11(12)7-10(8-11)9-5-3-2-4-6-9/h2-3,5,10,12H,4,6-8H2,1H3. The summed E-state index contributed by atoms with van der Waals surface area (Å²) in [5.74, 6) is 0.671. The molecule has 2 rings (SSSR count). The van der Waals surface area contributed by atoms with Crippen LogP contribution in [0.1, 0.15) is 32.6 Å². The van der Waals surface area contributed by atoms with Gasteiger partial charge in [0.2, 0.25) is 0 Å². The van der Waals surface area contributed by atoms with Gasteiger partial charge in [0.05, 0.1) is 5.60 Å². The van der Waals surface area contributed by atoms with Crippen molar-refractivity contribution >= 4 is 0 Å². The lowest BCUT2D eigenvalue weighted by Gasteiger charge is -2.42. The van der Waals surface area contributed by atoms with Crippen molar-refractivity contribution in [1.82, 2.24) is 0 Å². The van der Waals surface area contributed by atoms with Gasteiger partial charge >= 0.3 is 0 Å². The molecule has 0 heterocycles. The summed E-state index contributed by atoms with van der Waals surface area (Å²) in [6, 6.07) is 0. The molecule has 0 bridgehead atoms. The lowest BCUT2D eigenvalue weighted by atomic mass is 9.67. The second-order valence-electron chi connectivity index (χ2n) is 4.31. The summed E-state index contributed by atoms with van der Waals surface area (Å²) in [6.07, 6.45) is 10.9. The summed E-state index contributed by atoms with van der Waals surface area (Å²) >= 11 is 0. The van der Waals surface area contributed by atoms with E-state index in [2.05, 4.69) is 18.2 Å². The van der Waals surface area contributed by atoms with Gasteiger partial charge in [-0.3, -0.25) is 0 Å². The molecule has 2 aliphatic carbocycles. The van der Waals surface area contributed by atoms with Crippen LogP contribution >= 0.6 is 0 Å². The first-order valence-corrected chi connectivity index (χ1v) is 4.75. The SMILES string of the molecule is CC1(O)CC(C2=CC=CCC2)C1. The molecule has 1 saturated carbocycles. The predicted octanol–water partition coefficient (Wildman–Crippen LogP) is 2.42. The van der Waals surface area contributed by atoms with Crippen LogP contribution in [0.5, 0.6) is 0 Å². The van der Waals surface area contributed by atoms with Crippen molar-refractivity contribution in [2.45, 2.75) is 38.2 Å². The van der Waals surface area contributed by atoms with Crippen LogP contribution in [0.3, 0.4) is 0 Å². The second-order valence-corrected chi connectivity index (χ2v) is 4.31. The highest BCUT2D eigenvalue weighted by Gasteiger charge is 2.39. The van der Waals surface area contributed by atoms with Crippen molar-refractivity contribution < 1.29 is 5.11 Å². The van der Waals surface area contributed by atoms with Gasteiger partial charge < -0.3 is 5.11 Å². The third-order valence-corrected chi connectivity index (χ3v) is 2.94. The molecule has 1 nitrogen and oxygen atoms in total. The van der Waals surface area contributed by atoms with Gasteiger partial charge in [-0.25, -0.2) is 0 Å². The minimum atomic E-state index is -0.368. The fourth-order valence-electron chi connectivity index (χ4n) is 2.23. The molecule has 66 valence electrons. The van der Waals surface area contributed by atoms with Gasteiger partial charge in [-0.05, 0) is 38.5 Å². The quantitative estimate of drug-likeness (QED) is 0.631. The van der Waals surface area contributed by atoms with Crippen LogP contribution in [0.2, 0.25) is 0 Å². The third-order valence-electron chi connectivity index (χ3n) is 2.94. The van der Waals surface area contributed by atoms with E-state index in [0.29, 0.717) is 5.92 Å². The molecule has 0 aromatic heterocycles. The van der Waals surface area contributed by atoms with Gasteiger partial charge in [-0.15, -0.1) is 0 Å². The zero-order chi connectivity index (χ0) is 8.60. The molecule has 12 heavy (non-hydrogen) atoms.